The van der Waals surface area contributed by atoms with E-state index in [-0.39, 0.29) is 5.78 Å². The van der Waals surface area contributed by atoms with Gasteiger partial charge in [-0.2, -0.15) is 0 Å². The van der Waals surface area contributed by atoms with E-state index < -0.39 is 0 Å². The Kier molecular flexibility index (Phi) is 2.96. The third kappa shape index (κ3) is 2.51. The van der Waals surface area contributed by atoms with Crippen LogP contribution in [-0.4, -0.2) is 5.78 Å². The molecule has 0 amide bonds. The summed E-state index contributed by atoms with van der Waals surface area (Å²) in [5.74, 6) is 0.266. The maximum atomic E-state index is 11.1. The summed E-state index contributed by atoms with van der Waals surface area (Å²) in [6.45, 7) is 4.21. The van der Waals surface area contributed by atoms with Crippen molar-refractivity contribution in [3.63, 3.8) is 0 Å². The van der Waals surface area contributed by atoms with Gasteiger partial charge in [0, 0.05) is 11.3 Å². The fourth-order valence-corrected chi connectivity index (χ4v) is 2.74. The van der Waals surface area contributed by atoms with Gasteiger partial charge < -0.3 is 0 Å². The molecular formula is C13H14OS. The Bertz CT molecular complexity index is 432. The number of ketones is 1. The van der Waals surface area contributed by atoms with E-state index in [4.69, 9.17) is 0 Å². The lowest BCUT2D eigenvalue weighted by molar-refractivity contribution is -0.114. The van der Waals surface area contributed by atoms with Gasteiger partial charge in [-0.1, -0.05) is 29.5 Å². The van der Waals surface area contributed by atoms with Crippen molar-refractivity contribution in [2.45, 2.75) is 31.6 Å². The topological polar surface area (TPSA) is 17.1 Å². The van der Waals surface area contributed by atoms with Gasteiger partial charge in [-0.15, -0.1) is 0 Å². The monoisotopic (exact) mass is 218 g/mol. The van der Waals surface area contributed by atoms with E-state index in [9.17, 15) is 4.79 Å². The van der Waals surface area contributed by atoms with Gasteiger partial charge in [0.05, 0.1) is 0 Å². The molecule has 0 unspecified atom stereocenters. The highest BCUT2D eigenvalue weighted by molar-refractivity contribution is 8.03. The number of hydrogen-bond acceptors (Lipinski definition) is 2. The summed E-state index contributed by atoms with van der Waals surface area (Å²) < 4.78 is 0. The molecule has 15 heavy (non-hydrogen) atoms. The molecule has 0 aliphatic heterocycles. The number of aryl methyl sites for hydroxylation is 2. The lowest BCUT2D eigenvalue weighted by Crippen LogP contribution is -1.81. The first-order chi connectivity index (χ1) is 7.15. The molecule has 0 atom stereocenters. The van der Waals surface area contributed by atoms with Gasteiger partial charge in [0.15, 0.2) is 5.78 Å². The highest BCUT2D eigenvalue weighted by Gasteiger charge is 2.13. The van der Waals surface area contributed by atoms with Crippen molar-refractivity contribution < 1.29 is 4.79 Å². The summed E-state index contributed by atoms with van der Waals surface area (Å²) in [5.41, 5.74) is 2.58. The van der Waals surface area contributed by atoms with Crippen LogP contribution in [0.3, 0.4) is 0 Å². The Hall–Kier alpha value is -1.02. The molecule has 1 aromatic carbocycles. The first-order valence-electron chi connectivity index (χ1n) is 5.13. The zero-order valence-corrected chi connectivity index (χ0v) is 9.86. The van der Waals surface area contributed by atoms with E-state index in [2.05, 4.69) is 32.0 Å². The second-order valence-electron chi connectivity index (χ2n) is 3.95. The zero-order valence-electron chi connectivity index (χ0n) is 9.04. The highest BCUT2D eigenvalue weighted by atomic mass is 32.2. The molecular weight excluding hydrogens is 204 g/mol. The Labute approximate surface area is 94.6 Å². The van der Waals surface area contributed by atoms with Gasteiger partial charge in [-0.05, 0) is 42.9 Å². The summed E-state index contributed by atoms with van der Waals surface area (Å²) in [7, 11) is 0. The van der Waals surface area contributed by atoms with Crippen LogP contribution in [0.1, 0.15) is 24.0 Å². The lowest BCUT2D eigenvalue weighted by Gasteiger charge is -2.06. The molecule has 0 saturated heterocycles. The van der Waals surface area contributed by atoms with Crippen LogP contribution in [0.15, 0.2) is 34.1 Å². The van der Waals surface area contributed by atoms with Crippen molar-refractivity contribution in [3.05, 3.63) is 40.3 Å². The average Bonchev–Trinajstić information content (AvgIpc) is 2.56. The second-order valence-corrected chi connectivity index (χ2v) is 5.12. The predicted octanol–water partition coefficient (Wildman–Crippen LogP) is 3.64. The maximum Gasteiger partial charge on any atom is 0.156 e. The standard InChI is InChI=1S/C13H14OS/c1-9-3-6-13(10(2)7-9)15-12-5-4-11(14)8-12/h3,6-8H,4-5H2,1-2H3. The Morgan fingerprint density at radius 1 is 1.20 bits per heavy atom. The predicted molar refractivity (Wildman–Crippen MR) is 64.1 cm³/mol. The Balaban J connectivity index is 2.18. The van der Waals surface area contributed by atoms with Crippen molar-refractivity contribution >= 4 is 17.5 Å². The van der Waals surface area contributed by atoms with Crippen LogP contribution < -0.4 is 0 Å². The normalized spacial score (nSPS) is 15.6. The molecule has 1 aliphatic carbocycles. The van der Waals surface area contributed by atoms with Gasteiger partial charge in [0.2, 0.25) is 0 Å². The minimum absolute atomic E-state index is 0.266. The molecule has 0 N–H and O–H groups in total. The van der Waals surface area contributed by atoms with Crippen LogP contribution in [0.25, 0.3) is 0 Å². The van der Waals surface area contributed by atoms with Crippen LogP contribution in [0.2, 0.25) is 0 Å². The van der Waals surface area contributed by atoms with E-state index in [1.165, 1.54) is 20.9 Å². The smallest absolute Gasteiger partial charge is 0.156 e. The average molecular weight is 218 g/mol. The van der Waals surface area contributed by atoms with Crippen LogP contribution in [0, 0.1) is 13.8 Å². The van der Waals surface area contributed by atoms with E-state index >= 15 is 0 Å². The summed E-state index contributed by atoms with van der Waals surface area (Å²) in [6, 6.07) is 6.44. The van der Waals surface area contributed by atoms with Gasteiger partial charge >= 0.3 is 0 Å². The fourth-order valence-electron chi connectivity index (χ4n) is 1.71. The lowest BCUT2D eigenvalue weighted by atomic mass is 10.2. The largest absolute Gasteiger partial charge is 0.295 e. The molecule has 1 nitrogen and oxygen atoms in total. The quantitative estimate of drug-likeness (QED) is 0.753. The first-order valence-corrected chi connectivity index (χ1v) is 5.95. The first kappa shape index (κ1) is 10.5. The van der Waals surface area contributed by atoms with E-state index in [0.717, 1.165) is 6.42 Å². The minimum Gasteiger partial charge on any atom is -0.295 e. The van der Waals surface area contributed by atoms with Crippen LogP contribution >= 0.6 is 11.8 Å². The van der Waals surface area contributed by atoms with Gasteiger partial charge in [-0.25, -0.2) is 0 Å². The molecule has 78 valence electrons. The van der Waals surface area contributed by atoms with Crippen LogP contribution in [0.4, 0.5) is 0 Å². The Morgan fingerprint density at radius 3 is 2.60 bits per heavy atom. The summed E-state index contributed by atoms with van der Waals surface area (Å²) in [4.78, 5) is 13.6. The van der Waals surface area contributed by atoms with Gasteiger partial charge in [0.25, 0.3) is 0 Å². The van der Waals surface area contributed by atoms with Crippen LogP contribution in [0.5, 0.6) is 0 Å². The number of rotatable bonds is 2. The number of carbonyl (C=O) groups excluding carboxylic acids is 1. The molecule has 2 rings (SSSR count). The molecule has 2 heteroatoms. The summed E-state index contributed by atoms with van der Waals surface area (Å²) >= 11 is 1.73. The van der Waals surface area contributed by atoms with Crippen LogP contribution in [-0.2, 0) is 4.79 Å². The third-order valence-electron chi connectivity index (χ3n) is 2.51. The number of allylic oxidation sites excluding steroid dienone is 2. The molecule has 0 radical (unpaired) electrons. The van der Waals surface area contributed by atoms with E-state index in [1.807, 2.05) is 0 Å². The van der Waals surface area contributed by atoms with Crippen molar-refractivity contribution in [1.82, 2.24) is 0 Å². The molecule has 0 aromatic heterocycles. The number of hydrogen-bond donors (Lipinski definition) is 0. The minimum atomic E-state index is 0.266. The molecule has 0 bridgehead atoms. The molecule has 0 spiro atoms. The van der Waals surface area contributed by atoms with E-state index in [0.29, 0.717) is 6.42 Å². The van der Waals surface area contributed by atoms with Gasteiger partial charge in [-0.3, -0.25) is 4.79 Å². The van der Waals surface area contributed by atoms with Crippen molar-refractivity contribution in [2.24, 2.45) is 0 Å². The molecule has 0 heterocycles. The number of benzene rings is 1. The molecule has 1 aromatic rings. The third-order valence-corrected chi connectivity index (χ3v) is 3.77. The van der Waals surface area contributed by atoms with E-state index in [1.54, 1.807) is 17.8 Å². The molecule has 0 fully saturated rings. The second kappa shape index (κ2) is 4.23. The Morgan fingerprint density at radius 2 is 2.00 bits per heavy atom. The molecule has 1 aliphatic rings. The summed E-state index contributed by atoms with van der Waals surface area (Å²) in [5, 5.41) is 0. The highest BCUT2D eigenvalue weighted by Crippen LogP contribution is 2.35. The summed E-state index contributed by atoms with van der Waals surface area (Å²) in [6.07, 6.45) is 3.38. The SMILES string of the molecule is Cc1ccc(SC2=CC(=O)CC2)c(C)c1. The number of carbonyl (C=O) groups is 1. The number of thioether (sulfide) groups is 1. The van der Waals surface area contributed by atoms with Gasteiger partial charge in [0.1, 0.15) is 0 Å². The fraction of sp³-hybridized carbons (Fsp3) is 0.308. The zero-order chi connectivity index (χ0) is 10.8. The van der Waals surface area contributed by atoms with Crippen molar-refractivity contribution in [3.8, 4) is 0 Å². The molecule has 0 saturated carbocycles. The maximum absolute atomic E-state index is 11.1. The van der Waals surface area contributed by atoms with Crippen molar-refractivity contribution in [2.75, 3.05) is 0 Å². The van der Waals surface area contributed by atoms with Crippen molar-refractivity contribution in [1.29, 1.82) is 0 Å².